The Balaban J connectivity index is 1.96. The molecule has 2 aromatic rings. The molecule has 0 unspecified atom stereocenters. The summed E-state index contributed by atoms with van der Waals surface area (Å²) in [7, 11) is 3.31. The lowest BCUT2D eigenvalue weighted by molar-refractivity contribution is 0.409. The zero-order valence-electron chi connectivity index (χ0n) is 13.1. The second-order valence-electron chi connectivity index (χ2n) is 4.83. The first-order valence-corrected chi connectivity index (χ1v) is 7.93. The molecule has 23 heavy (non-hydrogen) atoms. The molecule has 0 saturated carbocycles. The maximum atomic E-state index is 13.6. The Bertz CT molecular complexity index is 691. The van der Waals surface area contributed by atoms with E-state index in [1.165, 1.54) is 6.07 Å². The molecule has 0 spiro atoms. The van der Waals surface area contributed by atoms with Crippen LogP contribution in [0.4, 0.5) is 4.39 Å². The summed E-state index contributed by atoms with van der Waals surface area (Å²) in [5.41, 5.74) is 1.59. The Kier molecular flexibility index (Phi) is 6.40. The molecule has 0 amide bonds. The number of nitrogens with one attached hydrogen (secondary N) is 2. The number of benzene rings is 2. The first kappa shape index (κ1) is 17.3. The maximum Gasteiger partial charge on any atom is 0.191 e. The quantitative estimate of drug-likeness (QED) is 0.617. The standard InChI is InChI=1S/C17H19BrFN3O/c1-20-17(21-10-12-5-3-4-6-15(12)19)22-11-13-9-14(18)7-8-16(13)23-2/h3-9H,10-11H2,1-2H3,(H2,20,21,22). The molecule has 0 fully saturated rings. The summed E-state index contributed by atoms with van der Waals surface area (Å²) < 4.78 is 19.9. The number of nitrogens with zero attached hydrogens (tertiary/aromatic N) is 1. The van der Waals surface area contributed by atoms with Gasteiger partial charge in [-0.1, -0.05) is 34.1 Å². The van der Waals surface area contributed by atoms with Crippen molar-refractivity contribution in [1.29, 1.82) is 0 Å². The van der Waals surface area contributed by atoms with Gasteiger partial charge in [0.2, 0.25) is 0 Å². The summed E-state index contributed by atoms with van der Waals surface area (Å²) in [6.07, 6.45) is 0. The lowest BCUT2D eigenvalue weighted by atomic mass is 10.2. The molecule has 0 radical (unpaired) electrons. The molecule has 0 aliphatic rings. The third kappa shape index (κ3) is 4.96. The van der Waals surface area contributed by atoms with Crippen molar-refractivity contribution in [3.63, 3.8) is 0 Å². The third-order valence-electron chi connectivity index (χ3n) is 3.32. The van der Waals surface area contributed by atoms with Gasteiger partial charge < -0.3 is 15.4 Å². The van der Waals surface area contributed by atoms with Crippen molar-refractivity contribution in [3.05, 3.63) is 63.9 Å². The Labute approximate surface area is 143 Å². The highest BCUT2D eigenvalue weighted by Gasteiger charge is 2.06. The van der Waals surface area contributed by atoms with Gasteiger partial charge in [-0.15, -0.1) is 0 Å². The second kappa shape index (κ2) is 8.53. The van der Waals surface area contributed by atoms with E-state index in [0.717, 1.165) is 15.8 Å². The van der Waals surface area contributed by atoms with Crippen LogP contribution in [0.1, 0.15) is 11.1 Å². The lowest BCUT2D eigenvalue weighted by Gasteiger charge is -2.14. The van der Waals surface area contributed by atoms with Crippen molar-refractivity contribution in [2.75, 3.05) is 14.2 Å². The van der Waals surface area contributed by atoms with Gasteiger partial charge in [-0.05, 0) is 24.3 Å². The fourth-order valence-corrected chi connectivity index (χ4v) is 2.51. The molecule has 2 aromatic carbocycles. The predicted molar refractivity (Wildman–Crippen MR) is 94.1 cm³/mol. The van der Waals surface area contributed by atoms with Crippen LogP contribution in [0.25, 0.3) is 0 Å². The van der Waals surface area contributed by atoms with Crippen molar-refractivity contribution in [3.8, 4) is 5.75 Å². The van der Waals surface area contributed by atoms with Crippen LogP contribution in [0, 0.1) is 5.82 Å². The van der Waals surface area contributed by atoms with Crippen LogP contribution in [0.2, 0.25) is 0 Å². The summed E-state index contributed by atoms with van der Waals surface area (Å²) in [4.78, 5) is 4.15. The van der Waals surface area contributed by atoms with Gasteiger partial charge in [-0.25, -0.2) is 4.39 Å². The third-order valence-corrected chi connectivity index (χ3v) is 3.81. The fraction of sp³-hybridized carbons (Fsp3) is 0.235. The topological polar surface area (TPSA) is 45.7 Å². The summed E-state index contributed by atoms with van der Waals surface area (Å²) in [6, 6.07) is 12.5. The molecule has 6 heteroatoms. The van der Waals surface area contributed by atoms with Crippen LogP contribution in [0.15, 0.2) is 51.9 Å². The van der Waals surface area contributed by atoms with E-state index in [0.29, 0.717) is 24.6 Å². The highest BCUT2D eigenvalue weighted by molar-refractivity contribution is 9.10. The van der Waals surface area contributed by atoms with Crippen molar-refractivity contribution >= 4 is 21.9 Å². The zero-order chi connectivity index (χ0) is 16.7. The number of rotatable bonds is 5. The first-order valence-electron chi connectivity index (χ1n) is 7.14. The van der Waals surface area contributed by atoms with E-state index in [1.807, 2.05) is 24.3 Å². The number of guanidine groups is 1. The molecule has 0 aliphatic carbocycles. The van der Waals surface area contributed by atoms with Crippen LogP contribution in [0.3, 0.4) is 0 Å². The van der Waals surface area contributed by atoms with E-state index in [4.69, 9.17) is 4.74 Å². The molecule has 0 bridgehead atoms. The summed E-state index contributed by atoms with van der Waals surface area (Å²) in [6.45, 7) is 0.904. The van der Waals surface area contributed by atoms with Crippen LogP contribution in [0.5, 0.6) is 5.75 Å². The van der Waals surface area contributed by atoms with Gasteiger partial charge in [0.1, 0.15) is 11.6 Å². The minimum Gasteiger partial charge on any atom is -0.496 e. The van der Waals surface area contributed by atoms with Gasteiger partial charge in [-0.3, -0.25) is 4.99 Å². The van der Waals surface area contributed by atoms with Gasteiger partial charge in [0.05, 0.1) is 7.11 Å². The van der Waals surface area contributed by atoms with Gasteiger partial charge >= 0.3 is 0 Å². The average Bonchev–Trinajstić information content (AvgIpc) is 2.56. The smallest absolute Gasteiger partial charge is 0.191 e. The number of hydrogen-bond donors (Lipinski definition) is 2. The highest BCUT2D eigenvalue weighted by atomic mass is 79.9. The van der Waals surface area contributed by atoms with Gasteiger partial charge in [0, 0.05) is 35.7 Å². The molecule has 0 atom stereocenters. The van der Waals surface area contributed by atoms with Crippen LogP contribution in [-0.2, 0) is 13.1 Å². The van der Waals surface area contributed by atoms with Crippen molar-refractivity contribution < 1.29 is 9.13 Å². The molecule has 4 nitrogen and oxygen atoms in total. The monoisotopic (exact) mass is 379 g/mol. The minimum absolute atomic E-state index is 0.232. The zero-order valence-corrected chi connectivity index (χ0v) is 14.7. The van der Waals surface area contributed by atoms with Crippen molar-refractivity contribution in [2.24, 2.45) is 4.99 Å². The SMILES string of the molecule is CN=C(NCc1ccccc1F)NCc1cc(Br)ccc1OC. The van der Waals surface area contributed by atoms with E-state index in [9.17, 15) is 4.39 Å². The molecule has 122 valence electrons. The maximum absolute atomic E-state index is 13.6. The summed E-state index contributed by atoms with van der Waals surface area (Å²) in [5.74, 6) is 1.16. The van der Waals surface area contributed by atoms with E-state index in [-0.39, 0.29) is 5.82 Å². The fourth-order valence-electron chi connectivity index (χ4n) is 2.11. The lowest BCUT2D eigenvalue weighted by Crippen LogP contribution is -2.36. The molecule has 0 aromatic heterocycles. The number of hydrogen-bond acceptors (Lipinski definition) is 2. The Morgan fingerprint density at radius 3 is 2.48 bits per heavy atom. The Hall–Kier alpha value is -2.08. The van der Waals surface area contributed by atoms with Gasteiger partial charge in [0.25, 0.3) is 0 Å². The molecular formula is C17H19BrFN3O. The normalized spacial score (nSPS) is 11.2. The van der Waals surface area contributed by atoms with Crippen LogP contribution < -0.4 is 15.4 Å². The minimum atomic E-state index is -0.232. The average molecular weight is 380 g/mol. The van der Waals surface area contributed by atoms with Crippen molar-refractivity contribution in [1.82, 2.24) is 10.6 Å². The Morgan fingerprint density at radius 1 is 1.13 bits per heavy atom. The summed E-state index contributed by atoms with van der Waals surface area (Å²) in [5, 5.41) is 6.29. The van der Waals surface area contributed by atoms with Crippen molar-refractivity contribution in [2.45, 2.75) is 13.1 Å². The number of halogens is 2. The van der Waals surface area contributed by atoms with E-state index in [1.54, 1.807) is 26.3 Å². The molecular weight excluding hydrogens is 361 g/mol. The van der Waals surface area contributed by atoms with Crippen LogP contribution >= 0.6 is 15.9 Å². The predicted octanol–water partition coefficient (Wildman–Crippen LogP) is 3.46. The number of ether oxygens (including phenoxy) is 1. The first-order chi connectivity index (χ1) is 11.1. The summed E-state index contributed by atoms with van der Waals surface area (Å²) >= 11 is 3.45. The van der Waals surface area contributed by atoms with E-state index < -0.39 is 0 Å². The molecule has 0 heterocycles. The van der Waals surface area contributed by atoms with E-state index in [2.05, 4.69) is 31.6 Å². The number of aliphatic imine (C=N–C) groups is 1. The molecule has 2 rings (SSSR count). The molecule has 0 aliphatic heterocycles. The largest absolute Gasteiger partial charge is 0.496 e. The molecule has 0 saturated heterocycles. The van der Waals surface area contributed by atoms with Gasteiger partial charge in [-0.2, -0.15) is 0 Å². The van der Waals surface area contributed by atoms with Gasteiger partial charge in [0.15, 0.2) is 5.96 Å². The number of methoxy groups -OCH3 is 1. The second-order valence-corrected chi connectivity index (χ2v) is 5.74. The molecule has 2 N–H and O–H groups in total. The highest BCUT2D eigenvalue weighted by Crippen LogP contribution is 2.22. The Morgan fingerprint density at radius 2 is 1.83 bits per heavy atom. The van der Waals surface area contributed by atoms with E-state index >= 15 is 0 Å². The van der Waals surface area contributed by atoms with Crippen LogP contribution in [-0.4, -0.2) is 20.1 Å².